The molecule has 0 unspecified atom stereocenters. The summed E-state index contributed by atoms with van der Waals surface area (Å²) in [4.78, 5) is 15.1. The minimum absolute atomic E-state index is 0.123. The first kappa shape index (κ1) is 19.0. The highest BCUT2D eigenvalue weighted by Gasteiger charge is 2.47. The number of carbonyl (C=O) groups is 1. The molecule has 3 heterocycles. The van der Waals surface area contributed by atoms with Gasteiger partial charge in [-0.15, -0.1) is 5.10 Å². The van der Waals surface area contributed by atoms with E-state index in [0.717, 1.165) is 37.3 Å². The first-order valence-electron chi connectivity index (χ1n) is 11.3. The Bertz CT molecular complexity index is 1060. The first-order chi connectivity index (χ1) is 15.2. The van der Waals surface area contributed by atoms with Crippen molar-refractivity contribution in [2.75, 3.05) is 24.7 Å². The average Bonchev–Trinajstić information content (AvgIpc) is 3.73. The van der Waals surface area contributed by atoms with Gasteiger partial charge < -0.3 is 14.4 Å². The van der Waals surface area contributed by atoms with Crippen LogP contribution < -0.4 is 4.90 Å². The summed E-state index contributed by atoms with van der Waals surface area (Å²) in [5.41, 5.74) is 3.77. The molecule has 4 aliphatic rings. The summed E-state index contributed by atoms with van der Waals surface area (Å²) < 4.78 is 13.3. The molecule has 6 rings (SSSR count). The number of hydrogen-bond acceptors (Lipinski definition) is 5. The van der Waals surface area contributed by atoms with Crippen molar-refractivity contribution < 1.29 is 14.3 Å². The fourth-order valence-electron chi connectivity index (χ4n) is 4.34. The molecular weight excluding hydrogens is 392 g/mol. The molecule has 1 aromatic carbocycles. The van der Waals surface area contributed by atoms with Crippen molar-refractivity contribution >= 4 is 11.6 Å². The van der Waals surface area contributed by atoms with Crippen LogP contribution in [0.5, 0.6) is 0 Å². The van der Waals surface area contributed by atoms with Crippen LogP contribution in [-0.4, -0.2) is 46.9 Å². The Kier molecular flexibility index (Phi) is 4.58. The lowest BCUT2D eigenvalue weighted by atomic mass is 9.96. The normalized spacial score (nSPS) is 22.0. The highest BCUT2D eigenvalue weighted by Crippen LogP contribution is 2.48. The Morgan fingerprint density at radius 2 is 2.06 bits per heavy atom. The number of fused-ring (bicyclic) bond motifs is 1. The molecule has 2 saturated carbocycles. The number of aromatic nitrogens is 3. The molecule has 0 bridgehead atoms. The van der Waals surface area contributed by atoms with Gasteiger partial charge in [-0.1, -0.05) is 23.1 Å². The summed E-state index contributed by atoms with van der Waals surface area (Å²) in [6, 6.07) is 6.06. The van der Waals surface area contributed by atoms with Gasteiger partial charge >= 0.3 is 0 Å². The van der Waals surface area contributed by atoms with E-state index in [4.69, 9.17) is 9.47 Å². The number of nitrogens with zero attached hydrogens (tertiary/aromatic N) is 4. The van der Waals surface area contributed by atoms with Crippen LogP contribution in [-0.2, 0) is 22.4 Å². The lowest BCUT2D eigenvalue weighted by Crippen LogP contribution is -2.36. The standard InChI is InChI=1S/C24H26N4O3/c29-23(20-13-27(26-25-20)14-22-30-15-24(10-11-24)16-31-22)28-12-2-4-19-18(3-1-5-21(19)28)9-8-17-6-7-17/h1,3,5,13,17,22H,2,4,6-7,10-12,14-16H2. The number of hydrogen-bond donors (Lipinski definition) is 0. The van der Waals surface area contributed by atoms with Crippen LogP contribution in [0.3, 0.4) is 0 Å². The lowest BCUT2D eigenvalue weighted by molar-refractivity contribution is -0.213. The van der Waals surface area contributed by atoms with Crippen LogP contribution in [0.15, 0.2) is 24.4 Å². The van der Waals surface area contributed by atoms with E-state index in [-0.39, 0.29) is 17.6 Å². The van der Waals surface area contributed by atoms with E-state index in [0.29, 0.717) is 24.7 Å². The molecule has 1 amide bonds. The van der Waals surface area contributed by atoms with Gasteiger partial charge in [-0.3, -0.25) is 4.79 Å². The van der Waals surface area contributed by atoms with E-state index < -0.39 is 0 Å². The van der Waals surface area contributed by atoms with Gasteiger partial charge in [0.1, 0.15) is 0 Å². The van der Waals surface area contributed by atoms with E-state index >= 15 is 0 Å². The average molecular weight is 418 g/mol. The molecule has 2 aliphatic carbocycles. The largest absolute Gasteiger partial charge is 0.350 e. The molecule has 31 heavy (non-hydrogen) atoms. The third-order valence-electron chi connectivity index (χ3n) is 6.69. The quantitative estimate of drug-likeness (QED) is 0.717. The van der Waals surface area contributed by atoms with Gasteiger partial charge in [0.15, 0.2) is 12.0 Å². The monoisotopic (exact) mass is 418 g/mol. The summed E-state index contributed by atoms with van der Waals surface area (Å²) in [5.74, 6) is 7.12. The molecule has 2 aromatic rings. The van der Waals surface area contributed by atoms with Crippen LogP contribution in [0.4, 0.5) is 5.69 Å². The van der Waals surface area contributed by atoms with Crippen molar-refractivity contribution in [3.05, 3.63) is 41.2 Å². The van der Waals surface area contributed by atoms with Crippen LogP contribution >= 0.6 is 0 Å². The van der Waals surface area contributed by atoms with Gasteiger partial charge in [-0.2, -0.15) is 0 Å². The molecule has 160 valence electrons. The number of benzene rings is 1. The third kappa shape index (κ3) is 3.86. The van der Waals surface area contributed by atoms with E-state index in [1.165, 1.54) is 31.2 Å². The molecule has 0 radical (unpaired) electrons. The van der Waals surface area contributed by atoms with E-state index in [1.54, 1.807) is 10.9 Å². The predicted octanol–water partition coefficient (Wildman–Crippen LogP) is 2.79. The lowest BCUT2D eigenvalue weighted by Gasteiger charge is -2.29. The number of anilines is 1. The SMILES string of the molecule is O=C(c1cn(CC2OCC3(CC3)CO2)nn1)N1CCCc2c(C#CC3CC3)cccc21. The van der Waals surface area contributed by atoms with Crippen LogP contribution in [0.25, 0.3) is 0 Å². The third-order valence-corrected chi connectivity index (χ3v) is 6.69. The summed E-state index contributed by atoms with van der Waals surface area (Å²) in [6.07, 6.45) is 8.01. The Labute approximate surface area is 181 Å². The molecule has 0 atom stereocenters. The molecule has 7 nitrogen and oxygen atoms in total. The molecule has 7 heteroatoms. The van der Waals surface area contributed by atoms with E-state index in [9.17, 15) is 4.79 Å². The Hall–Kier alpha value is -2.69. The summed E-state index contributed by atoms with van der Waals surface area (Å²) in [5, 5.41) is 8.29. The van der Waals surface area contributed by atoms with Crippen molar-refractivity contribution in [3.63, 3.8) is 0 Å². The zero-order chi connectivity index (χ0) is 20.8. The highest BCUT2D eigenvalue weighted by molar-refractivity contribution is 6.05. The van der Waals surface area contributed by atoms with Gasteiger partial charge in [0.25, 0.3) is 5.91 Å². The molecule has 1 spiro atoms. The van der Waals surface area contributed by atoms with Crippen molar-refractivity contribution in [3.8, 4) is 11.8 Å². The number of ether oxygens (including phenoxy) is 2. The van der Waals surface area contributed by atoms with Crippen LogP contribution in [0.2, 0.25) is 0 Å². The summed E-state index contributed by atoms with van der Waals surface area (Å²) in [7, 11) is 0. The molecule has 3 fully saturated rings. The van der Waals surface area contributed by atoms with Gasteiger partial charge in [0, 0.05) is 29.1 Å². The van der Waals surface area contributed by atoms with Crippen LogP contribution in [0.1, 0.15) is 53.7 Å². The maximum atomic E-state index is 13.3. The van der Waals surface area contributed by atoms with Crippen molar-refractivity contribution in [1.82, 2.24) is 15.0 Å². The second kappa shape index (κ2) is 7.47. The fraction of sp³-hybridized carbons (Fsp3) is 0.542. The van der Waals surface area contributed by atoms with E-state index in [1.807, 2.05) is 17.0 Å². The van der Waals surface area contributed by atoms with Gasteiger partial charge in [-0.25, -0.2) is 4.68 Å². The predicted molar refractivity (Wildman–Crippen MR) is 113 cm³/mol. The van der Waals surface area contributed by atoms with Crippen molar-refractivity contribution in [2.24, 2.45) is 11.3 Å². The fourth-order valence-corrected chi connectivity index (χ4v) is 4.34. The maximum absolute atomic E-state index is 13.3. The number of amides is 1. The zero-order valence-electron chi connectivity index (χ0n) is 17.5. The Balaban J connectivity index is 1.17. The Morgan fingerprint density at radius 1 is 1.23 bits per heavy atom. The number of carbonyl (C=O) groups excluding carboxylic acids is 1. The molecular formula is C24H26N4O3. The Morgan fingerprint density at radius 3 is 2.84 bits per heavy atom. The van der Waals surface area contributed by atoms with E-state index in [2.05, 4.69) is 28.2 Å². The minimum atomic E-state index is -0.334. The molecule has 1 aromatic heterocycles. The van der Waals surface area contributed by atoms with Crippen LogP contribution in [0, 0.1) is 23.2 Å². The second-order valence-corrected chi connectivity index (χ2v) is 9.28. The second-order valence-electron chi connectivity index (χ2n) is 9.28. The van der Waals surface area contributed by atoms with Gasteiger partial charge in [-0.05, 0) is 56.2 Å². The minimum Gasteiger partial charge on any atom is -0.350 e. The van der Waals surface area contributed by atoms with Gasteiger partial charge in [0.2, 0.25) is 0 Å². The smallest absolute Gasteiger partial charge is 0.280 e. The van der Waals surface area contributed by atoms with Crippen molar-refractivity contribution in [1.29, 1.82) is 0 Å². The zero-order valence-corrected chi connectivity index (χ0v) is 17.5. The number of rotatable bonds is 3. The molecule has 0 N–H and O–H groups in total. The summed E-state index contributed by atoms with van der Waals surface area (Å²) >= 11 is 0. The topological polar surface area (TPSA) is 69.5 Å². The summed E-state index contributed by atoms with van der Waals surface area (Å²) in [6.45, 7) is 2.60. The molecule has 1 saturated heterocycles. The highest BCUT2D eigenvalue weighted by atomic mass is 16.7. The van der Waals surface area contributed by atoms with Crippen molar-refractivity contribution in [2.45, 2.75) is 51.4 Å². The first-order valence-corrected chi connectivity index (χ1v) is 11.3. The van der Waals surface area contributed by atoms with Gasteiger partial charge in [0.05, 0.1) is 26.0 Å². The molecule has 2 aliphatic heterocycles. The maximum Gasteiger partial charge on any atom is 0.280 e.